The molecule has 0 aromatic rings. The lowest BCUT2D eigenvalue weighted by molar-refractivity contribution is -0.173. The maximum Gasteiger partial charge on any atom is 0.471 e. The van der Waals surface area contributed by atoms with E-state index < -0.39 is 48.2 Å². The minimum atomic E-state index is -5.02. The molecule has 7 nitrogen and oxygen atoms in total. The van der Waals surface area contributed by atoms with E-state index in [4.69, 9.17) is 4.74 Å². The van der Waals surface area contributed by atoms with Crippen LogP contribution in [0, 0.1) is 17.8 Å². The molecule has 1 N–H and O–H groups in total. The Morgan fingerprint density at radius 2 is 2.00 bits per heavy atom. The van der Waals surface area contributed by atoms with Crippen molar-refractivity contribution in [2.45, 2.75) is 25.9 Å². The van der Waals surface area contributed by atoms with Gasteiger partial charge in [0.05, 0.1) is 18.4 Å². The number of halogens is 3. The van der Waals surface area contributed by atoms with Crippen molar-refractivity contribution in [1.82, 2.24) is 10.2 Å². The van der Waals surface area contributed by atoms with Gasteiger partial charge in [0.15, 0.2) is 0 Å². The van der Waals surface area contributed by atoms with Gasteiger partial charge in [0.2, 0.25) is 11.8 Å². The minimum absolute atomic E-state index is 0.108. The zero-order valence-corrected chi connectivity index (χ0v) is 14.0. The Kier molecular flexibility index (Phi) is 6.04. The molecule has 144 valence electrons. The van der Waals surface area contributed by atoms with Gasteiger partial charge in [0.1, 0.15) is 0 Å². The summed E-state index contributed by atoms with van der Waals surface area (Å²) in [6, 6.07) is 0. The van der Waals surface area contributed by atoms with Gasteiger partial charge in [-0.15, -0.1) is 0 Å². The summed E-state index contributed by atoms with van der Waals surface area (Å²) < 4.78 is 41.4. The first-order chi connectivity index (χ1) is 12.1. The molecule has 1 heterocycles. The second-order valence-corrected chi connectivity index (χ2v) is 6.17. The van der Waals surface area contributed by atoms with Crippen LogP contribution in [0.2, 0.25) is 0 Å². The zero-order valence-electron chi connectivity index (χ0n) is 14.0. The number of imide groups is 1. The Morgan fingerprint density at radius 3 is 2.62 bits per heavy atom. The number of amides is 3. The number of alkyl halides is 3. The Bertz CT molecular complexity index is 632. The molecule has 1 aliphatic heterocycles. The van der Waals surface area contributed by atoms with Gasteiger partial charge in [0, 0.05) is 20.0 Å². The molecule has 3 amide bonds. The van der Waals surface area contributed by atoms with Gasteiger partial charge in [-0.25, -0.2) is 0 Å². The number of esters is 1. The van der Waals surface area contributed by atoms with Crippen molar-refractivity contribution < 1.29 is 37.1 Å². The second kappa shape index (κ2) is 7.88. The summed E-state index contributed by atoms with van der Waals surface area (Å²) >= 11 is 0. The molecule has 0 saturated carbocycles. The average molecular weight is 376 g/mol. The van der Waals surface area contributed by atoms with Crippen LogP contribution >= 0.6 is 0 Å². The van der Waals surface area contributed by atoms with E-state index in [-0.39, 0.29) is 19.1 Å². The number of nitrogens with one attached hydrogen (secondary N) is 1. The number of hydrogen-bond donors (Lipinski definition) is 1. The maximum atomic E-state index is 12.6. The molecular formula is C16H19F3N2O5. The van der Waals surface area contributed by atoms with E-state index in [1.54, 1.807) is 17.5 Å². The normalized spacial score (nSPS) is 25.2. The minimum Gasteiger partial charge on any atom is -0.466 e. The summed E-state index contributed by atoms with van der Waals surface area (Å²) in [5.74, 6) is -4.98. The van der Waals surface area contributed by atoms with Crippen LogP contribution in [0.1, 0.15) is 19.8 Å². The molecule has 2 aliphatic rings. The van der Waals surface area contributed by atoms with Crippen molar-refractivity contribution in [1.29, 1.82) is 0 Å². The van der Waals surface area contributed by atoms with E-state index in [9.17, 15) is 32.3 Å². The van der Waals surface area contributed by atoms with Crippen LogP contribution in [0.3, 0.4) is 0 Å². The molecular weight excluding hydrogens is 357 g/mol. The number of allylic oxidation sites excluding steroid dienone is 2. The number of nitrogens with zero attached hydrogens (tertiary/aromatic N) is 1. The fourth-order valence-corrected chi connectivity index (χ4v) is 3.28. The molecule has 10 heteroatoms. The fraction of sp³-hybridized carbons (Fsp3) is 0.625. The highest BCUT2D eigenvalue weighted by atomic mass is 19.4. The van der Waals surface area contributed by atoms with Gasteiger partial charge in [-0.3, -0.25) is 24.1 Å². The molecule has 26 heavy (non-hydrogen) atoms. The lowest BCUT2D eigenvalue weighted by Gasteiger charge is -2.25. The van der Waals surface area contributed by atoms with E-state index in [0.717, 1.165) is 4.90 Å². The third-order valence-electron chi connectivity index (χ3n) is 4.44. The third kappa shape index (κ3) is 4.41. The smallest absolute Gasteiger partial charge is 0.466 e. The van der Waals surface area contributed by atoms with Crippen LogP contribution in [0.25, 0.3) is 0 Å². The van der Waals surface area contributed by atoms with Gasteiger partial charge >= 0.3 is 18.1 Å². The van der Waals surface area contributed by atoms with E-state index >= 15 is 0 Å². The van der Waals surface area contributed by atoms with Gasteiger partial charge in [-0.1, -0.05) is 12.2 Å². The molecule has 1 aliphatic carbocycles. The number of ether oxygens (including phenoxy) is 1. The second-order valence-electron chi connectivity index (χ2n) is 6.17. The monoisotopic (exact) mass is 376 g/mol. The first-order valence-electron chi connectivity index (χ1n) is 8.13. The Morgan fingerprint density at radius 1 is 1.31 bits per heavy atom. The molecule has 0 aromatic heterocycles. The van der Waals surface area contributed by atoms with E-state index in [1.807, 2.05) is 0 Å². The summed E-state index contributed by atoms with van der Waals surface area (Å²) in [5.41, 5.74) is 0. The van der Waals surface area contributed by atoms with Gasteiger partial charge in [-0.05, 0) is 18.8 Å². The Hall–Kier alpha value is -2.39. The van der Waals surface area contributed by atoms with Gasteiger partial charge in [-0.2, -0.15) is 13.2 Å². The van der Waals surface area contributed by atoms with Crippen molar-refractivity contribution in [2.75, 3.05) is 19.7 Å². The van der Waals surface area contributed by atoms with E-state index in [2.05, 4.69) is 0 Å². The lowest BCUT2D eigenvalue weighted by Crippen LogP contribution is -2.43. The largest absolute Gasteiger partial charge is 0.471 e. The standard InChI is InChI=1S/C16H19F3N2O5/c1-9(22)26-8-5-10-3-2-4-11-12(10)14(24)21(13(11)23)7-6-20-15(25)16(17,18)19/h2-3,10-12H,4-8H2,1H3,(H,20,25)/t10-,11-,12+/m1/s1. The molecule has 0 aromatic carbocycles. The van der Waals surface area contributed by atoms with Crippen molar-refractivity contribution >= 4 is 23.7 Å². The van der Waals surface area contributed by atoms with Crippen molar-refractivity contribution in [2.24, 2.45) is 17.8 Å². The summed E-state index contributed by atoms with van der Waals surface area (Å²) in [6.07, 6.45) is -0.706. The highest BCUT2D eigenvalue weighted by Gasteiger charge is 2.50. The predicted molar refractivity (Wildman–Crippen MR) is 81.3 cm³/mol. The Balaban J connectivity index is 1.96. The molecule has 2 rings (SSSR count). The molecule has 0 unspecified atom stereocenters. The molecule has 0 radical (unpaired) electrons. The van der Waals surface area contributed by atoms with Crippen LogP contribution < -0.4 is 5.32 Å². The van der Waals surface area contributed by atoms with E-state index in [1.165, 1.54) is 6.92 Å². The van der Waals surface area contributed by atoms with E-state index in [0.29, 0.717) is 12.8 Å². The van der Waals surface area contributed by atoms with Gasteiger partial charge in [0.25, 0.3) is 0 Å². The van der Waals surface area contributed by atoms with Gasteiger partial charge < -0.3 is 10.1 Å². The number of fused-ring (bicyclic) bond motifs is 1. The number of carbonyl (C=O) groups is 4. The van der Waals surface area contributed by atoms with Crippen LogP contribution in [-0.2, 0) is 23.9 Å². The molecule has 3 atom stereocenters. The highest BCUT2D eigenvalue weighted by molar-refractivity contribution is 6.05. The van der Waals surface area contributed by atoms with Crippen LogP contribution in [0.4, 0.5) is 13.2 Å². The SMILES string of the molecule is CC(=O)OCC[C@H]1C=CC[C@H]2C(=O)N(CCNC(=O)C(F)(F)F)C(=O)[C@@H]12. The zero-order chi connectivity index (χ0) is 19.5. The highest BCUT2D eigenvalue weighted by Crippen LogP contribution is 2.39. The summed E-state index contributed by atoms with van der Waals surface area (Å²) in [4.78, 5) is 47.5. The first kappa shape index (κ1) is 19.9. The number of likely N-dealkylation sites (tertiary alicyclic amines) is 1. The number of rotatable bonds is 6. The predicted octanol–water partition coefficient (Wildman–Crippen LogP) is 0.795. The number of hydrogen-bond acceptors (Lipinski definition) is 5. The maximum absolute atomic E-state index is 12.6. The summed E-state index contributed by atoms with van der Waals surface area (Å²) in [7, 11) is 0. The molecule has 1 saturated heterocycles. The molecule has 0 spiro atoms. The molecule has 0 bridgehead atoms. The summed E-state index contributed by atoms with van der Waals surface area (Å²) in [6.45, 7) is 0.585. The van der Waals surface area contributed by atoms with Crippen molar-refractivity contribution in [3.63, 3.8) is 0 Å². The lowest BCUT2D eigenvalue weighted by atomic mass is 9.76. The van der Waals surface area contributed by atoms with Crippen LogP contribution in [0.15, 0.2) is 12.2 Å². The van der Waals surface area contributed by atoms with Crippen molar-refractivity contribution in [3.8, 4) is 0 Å². The first-order valence-corrected chi connectivity index (χ1v) is 8.13. The topological polar surface area (TPSA) is 92.8 Å². The Labute approximate surface area is 147 Å². The van der Waals surface area contributed by atoms with Crippen LogP contribution in [-0.4, -0.2) is 54.5 Å². The number of carbonyl (C=O) groups excluding carboxylic acids is 4. The average Bonchev–Trinajstić information content (AvgIpc) is 2.79. The summed E-state index contributed by atoms with van der Waals surface area (Å²) in [5, 5.41) is 1.65. The van der Waals surface area contributed by atoms with Crippen molar-refractivity contribution in [3.05, 3.63) is 12.2 Å². The molecule has 1 fully saturated rings. The third-order valence-corrected chi connectivity index (χ3v) is 4.44. The fourth-order valence-electron chi connectivity index (χ4n) is 3.28. The van der Waals surface area contributed by atoms with Crippen LogP contribution in [0.5, 0.6) is 0 Å². The quantitative estimate of drug-likeness (QED) is 0.420.